The predicted molar refractivity (Wildman–Crippen MR) is 59.0 cm³/mol. The van der Waals surface area contributed by atoms with Crippen LogP contribution >= 0.6 is 0 Å². The summed E-state index contributed by atoms with van der Waals surface area (Å²) in [5, 5.41) is 9.59. The van der Waals surface area contributed by atoms with Crippen molar-refractivity contribution in [2.75, 3.05) is 18.0 Å². The van der Waals surface area contributed by atoms with Crippen molar-refractivity contribution in [1.29, 1.82) is 0 Å². The lowest BCUT2D eigenvalue weighted by molar-refractivity contribution is 0.154. The first-order chi connectivity index (χ1) is 7.15. The molecule has 1 atom stereocenters. The molecule has 1 fully saturated rings. The van der Waals surface area contributed by atoms with Gasteiger partial charge in [-0.1, -0.05) is 0 Å². The Kier molecular flexibility index (Phi) is 2.86. The van der Waals surface area contributed by atoms with Crippen LogP contribution in [0.15, 0.2) is 6.07 Å². The summed E-state index contributed by atoms with van der Waals surface area (Å²) in [5.41, 5.74) is 0.984. The van der Waals surface area contributed by atoms with Crippen LogP contribution in [0.3, 0.4) is 0 Å². The number of hydrogen-bond donors (Lipinski definition) is 1. The van der Waals surface area contributed by atoms with E-state index in [9.17, 15) is 5.11 Å². The molecule has 0 radical (unpaired) electrons. The van der Waals surface area contributed by atoms with E-state index in [1.165, 1.54) is 0 Å². The average Bonchev–Trinajstić information content (AvgIpc) is 2.16. The monoisotopic (exact) mass is 207 g/mol. The molecule has 2 heterocycles. The van der Waals surface area contributed by atoms with E-state index >= 15 is 0 Å². The number of rotatable bonds is 1. The van der Waals surface area contributed by atoms with E-state index in [4.69, 9.17) is 0 Å². The summed E-state index contributed by atoms with van der Waals surface area (Å²) in [6, 6.07) is 1.98. The van der Waals surface area contributed by atoms with Gasteiger partial charge in [0.2, 0.25) is 0 Å². The number of piperidine rings is 1. The fourth-order valence-corrected chi connectivity index (χ4v) is 2.02. The summed E-state index contributed by atoms with van der Waals surface area (Å²) in [6.45, 7) is 5.54. The van der Waals surface area contributed by atoms with Crippen LogP contribution in [0.1, 0.15) is 24.4 Å². The van der Waals surface area contributed by atoms with Crippen molar-refractivity contribution in [1.82, 2.24) is 9.97 Å². The molecule has 4 heteroatoms. The highest BCUT2D eigenvalue weighted by Gasteiger charge is 2.19. The zero-order valence-corrected chi connectivity index (χ0v) is 9.27. The largest absolute Gasteiger partial charge is 0.391 e. The van der Waals surface area contributed by atoms with E-state index in [2.05, 4.69) is 14.9 Å². The number of β-amino-alcohol motifs (C(OH)–C–C–N with tert-alkyl or cyclic N) is 1. The molecule has 1 saturated heterocycles. The molecule has 4 nitrogen and oxygen atoms in total. The molecular formula is C11H17N3O. The highest BCUT2D eigenvalue weighted by atomic mass is 16.3. The predicted octanol–water partition coefficient (Wildman–Crippen LogP) is 1.05. The molecule has 2 rings (SSSR count). The first-order valence-electron chi connectivity index (χ1n) is 5.40. The van der Waals surface area contributed by atoms with Gasteiger partial charge < -0.3 is 10.0 Å². The third-order valence-electron chi connectivity index (χ3n) is 2.67. The quantitative estimate of drug-likeness (QED) is 0.748. The summed E-state index contributed by atoms with van der Waals surface area (Å²) < 4.78 is 0. The van der Waals surface area contributed by atoms with E-state index in [1.807, 2.05) is 19.9 Å². The number of anilines is 1. The maximum absolute atomic E-state index is 9.59. The van der Waals surface area contributed by atoms with Gasteiger partial charge in [0.05, 0.1) is 6.10 Å². The standard InChI is InChI=1S/C11H17N3O/c1-8-6-11(13-9(2)12-8)14-5-3-4-10(15)7-14/h6,10,15H,3-5,7H2,1-2H3/t10-/m0/s1. The van der Waals surface area contributed by atoms with Gasteiger partial charge in [0.15, 0.2) is 0 Å². The first kappa shape index (κ1) is 10.4. The summed E-state index contributed by atoms with van der Waals surface area (Å²) in [6.07, 6.45) is 1.72. The lowest BCUT2D eigenvalue weighted by Crippen LogP contribution is -2.38. The number of aryl methyl sites for hydroxylation is 2. The molecule has 1 aromatic rings. The average molecular weight is 207 g/mol. The molecule has 0 aliphatic carbocycles. The highest BCUT2D eigenvalue weighted by molar-refractivity contribution is 5.40. The number of aliphatic hydroxyl groups excluding tert-OH is 1. The molecule has 15 heavy (non-hydrogen) atoms. The van der Waals surface area contributed by atoms with E-state index < -0.39 is 0 Å². The Bertz CT molecular complexity index is 333. The Hall–Kier alpha value is -1.16. The van der Waals surface area contributed by atoms with Gasteiger partial charge in [-0.2, -0.15) is 0 Å². The molecule has 1 aliphatic heterocycles. The Morgan fingerprint density at radius 3 is 2.87 bits per heavy atom. The lowest BCUT2D eigenvalue weighted by atomic mass is 10.1. The van der Waals surface area contributed by atoms with Crippen molar-refractivity contribution < 1.29 is 5.11 Å². The van der Waals surface area contributed by atoms with Crippen molar-refractivity contribution in [2.45, 2.75) is 32.8 Å². The third kappa shape index (κ3) is 2.45. The van der Waals surface area contributed by atoms with E-state index in [-0.39, 0.29) is 6.10 Å². The second kappa shape index (κ2) is 4.14. The normalized spacial score (nSPS) is 21.8. The second-order valence-corrected chi connectivity index (χ2v) is 4.16. The topological polar surface area (TPSA) is 49.2 Å². The number of hydrogen-bond acceptors (Lipinski definition) is 4. The van der Waals surface area contributed by atoms with Gasteiger partial charge in [-0.25, -0.2) is 9.97 Å². The van der Waals surface area contributed by atoms with E-state index in [0.29, 0.717) is 6.54 Å². The van der Waals surface area contributed by atoms with Gasteiger partial charge in [-0.3, -0.25) is 0 Å². The van der Waals surface area contributed by atoms with Crippen LogP contribution < -0.4 is 4.90 Å². The van der Waals surface area contributed by atoms with Crippen molar-refractivity contribution in [3.63, 3.8) is 0 Å². The van der Waals surface area contributed by atoms with Crippen molar-refractivity contribution >= 4 is 5.82 Å². The SMILES string of the molecule is Cc1cc(N2CCC[C@H](O)C2)nc(C)n1. The maximum atomic E-state index is 9.59. The molecule has 0 aromatic carbocycles. The van der Waals surface area contributed by atoms with Crippen molar-refractivity contribution in [3.8, 4) is 0 Å². The van der Waals surface area contributed by atoms with Gasteiger partial charge in [-0.15, -0.1) is 0 Å². The number of aliphatic hydroxyl groups is 1. The summed E-state index contributed by atoms with van der Waals surface area (Å²) in [5.74, 6) is 1.74. The van der Waals surface area contributed by atoms with Crippen molar-refractivity contribution in [2.24, 2.45) is 0 Å². The minimum atomic E-state index is -0.214. The number of aromatic nitrogens is 2. The number of nitrogens with zero attached hydrogens (tertiary/aromatic N) is 3. The molecule has 0 saturated carbocycles. The molecule has 0 bridgehead atoms. The minimum absolute atomic E-state index is 0.214. The smallest absolute Gasteiger partial charge is 0.132 e. The van der Waals surface area contributed by atoms with Gasteiger partial charge in [-0.05, 0) is 26.7 Å². The third-order valence-corrected chi connectivity index (χ3v) is 2.67. The molecule has 0 amide bonds. The van der Waals surface area contributed by atoms with Gasteiger partial charge in [0.25, 0.3) is 0 Å². The molecular weight excluding hydrogens is 190 g/mol. The fraction of sp³-hybridized carbons (Fsp3) is 0.636. The van der Waals surface area contributed by atoms with Crippen LogP contribution in [0.2, 0.25) is 0 Å². The van der Waals surface area contributed by atoms with E-state index in [1.54, 1.807) is 0 Å². The molecule has 1 N–H and O–H groups in total. The van der Waals surface area contributed by atoms with Crippen LogP contribution in [-0.4, -0.2) is 34.3 Å². The van der Waals surface area contributed by atoms with Gasteiger partial charge >= 0.3 is 0 Å². The Labute approximate surface area is 90.0 Å². The minimum Gasteiger partial charge on any atom is -0.391 e. The molecule has 0 unspecified atom stereocenters. The van der Waals surface area contributed by atoms with Crippen LogP contribution in [-0.2, 0) is 0 Å². The molecule has 0 spiro atoms. The first-order valence-corrected chi connectivity index (χ1v) is 5.40. The zero-order valence-electron chi connectivity index (χ0n) is 9.27. The van der Waals surface area contributed by atoms with Crippen LogP contribution in [0, 0.1) is 13.8 Å². The molecule has 1 aromatic heterocycles. The van der Waals surface area contributed by atoms with Crippen LogP contribution in [0.5, 0.6) is 0 Å². The summed E-state index contributed by atoms with van der Waals surface area (Å²) in [4.78, 5) is 10.8. The van der Waals surface area contributed by atoms with E-state index in [0.717, 1.165) is 36.7 Å². The fourth-order valence-electron chi connectivity index (χ4n) is 2.02. The van der Waals surface area contributed by atoms with Crippen molar-refractivity contribution in [3.05, 3.63) is 17.6 Å². The van der Waals surface area contributed by atoms with Gasteiger partial charge in [0.1, 0.15) is 11.6 Å². The Morgan fingerprint density at radius 2 is 2.20 bits per heavy atom. The van der Waals surface area contributed by atoms with Gasteiger partial charge in [0, 0.05) is 24.8 Å². The lowest BCUT2D eigenvalue weighted by Gasteiger charge is -2.31. The zero-order chi connectivity index (χ0) is 10.8. The Morgan fingerprint density at radius 1 is 1.40 bits per heavy atom. The summed E-state index contributed by atoms with van der Waals surface area (Å²) in [7, 11) is 0. The second-order valence-electron chi connectivity index (χ2n) is 4.16. The molecule has 82 valence electrons. The summed E-state index contributed by atoms with van der Waals surface area (Å²) >= 11 is 0. The highest BCUT2D eigenvalue weighted by Crippen LogP contribution is 2.18. The van der Waals surface area contributed by atoms with Crippen LogP contribution in [0.25, 0.3) is 0 Å². The molecule has 1 aliphatic rings. The Balaban J connectivity index is 2.20. The van der Waals surface area contributed by atoms with Crippen LogP contribution in [0.4, 0.5) is 5.82 Å². The maximum Gasteiger partial charge on any atom is 0.132 e.